The van der Waals surface area contributed by atoms with Crippen LogP contribution < -0.4 is 10.5 Å². The van der Waals surface area contributed by atoms with Crippen molar-refractivity contribution in [2.24, 2.45) is 5.73 Å². The van der Waals surface area contributed by atoms with E-state index in [-0.39, 0.29) is 11.8 Å². The Morgan fingerprint density at radius 2 is 2.06 bits per heavy atom. The Kier molecular flexibility index (Phi) is 5.35. The van der Waals surface area contributed by atoms with Crippen molar-refractivity contribution in [1.29, 1.82) is 0 Å². The second kappa shape index (κ2) is 6.55. The second-order valence-electron chi connectivity index (χ2n) is 5.00. The van der Waals surface area contributed by atoms with Crippen molar-refractivity contribution in [3.63, 3.8) is 0 Å². The molecular formula is C15H23NO2. The summed E-state index contributed by atoms with van der Waals surface area (Å²) in [6.45, 7) is 5.88. The van der Waals surface area contributed by atoms with Crippen LogP contribution in [-0.2, 0) is 4.79 Å². The van der Waals surface area contributed by atoms with Gasteiger partial charge < -0.3 is 15.3 Å². The van der Waals surface area contributed by atoms with E-state index in [1.807, 2.05) is 12.1 Å². The average molecular weight is 249 g/mol. The van der Waals surface area contributed by atoms with E-state index in [0.717, 1.165) is 11.3 Å². The van der Waals surface area contributed by atoms with Gasteiger partial charge in [-0.25, -0.2) is 0 Å². The topological polar surface area (TPSA) is 52.3 Å². The molecule has 1 rings (SSSR count). The third-order valence-corrected chi connectivity index (χ3v) is 3.13. The van der Waals surface area contributed by atoms with Gasteiger partial charge in [0.25, 0.3) is 0 Å². The zero-order chi connectivity index (χ0) is 13.7. The highest BCUT2D eigenvalue weighted by atomic mass is 16.5. The third kappa shape index (κ3) is 3.84. The lowest BCUT2D eigenvalue weighted by atomic mass is 9.96. The first kappa shape index (κ1) is 14.7. The lowest BCUT2D eigenvalue weighted by Crippen LogP contribution is -2.13. The molecule has 0 saturated carbocycles. The zero-order valence-electron chi connectivity index (χ0n) is 11.7. The first-order chi connectivity index (χ1) is 8.45. The van der Waals surface area contributed by atoms with Crippen molar-refractivity contribution >= 4 is 5.78 Å². The van der Waals surface area contributed by atoms with Gasteiger partial charge in [0.1, 0.15) is 11.5 Å². The molecule has 0 spiro atoms. The first-order valence-electron chi connectivity index (χ1n) is 6.38. The number of hydrogen-bond donors (Lipinski definition) is 1. The van der Waals surface area contributed by atoms with E-state index in [9.17, 15) is 4.79 Å². The molecular weight excluding hydrogens is 226 g/mol. The molecule has 1 atom stereocenters. The van der Waals surface area contributed by atoms with Crippen LogP contribution in [0.25, 0.3) is 0 Å². The van der Waals surface area contributed by atoms with E-state index in [0.29, 0.717) is 18.8 Å². The predicted octanol–water partition coefficient (Wildman–Crippen LogP) is 3.19. The summed E-state index contributed by atoms with van der Waals surface area (Å²) in [6.07, 6.45) is 1.17. The van der Waals surface area contributed by atoms with E-state index in [2.05, 4.69) is 19.9 Å². The first-order valence-corrected chi connectivity index (χ1v) is 6.38. The summed E-state index contributed by atoms with van der Waals surface area (Å²) < 4.78 is 5.40. The van der Waals surface area contributed by atoms with Crippen LogP contribution >= 0.6 is 0 Å². The molecule has 0 aliphatic heterocycles. The maximum atomic E-state index is 11.0. The van der Waals surface area contributed by atoms with Crippen LogP contribution in [0.2, 0.25) is 0 Å². The Morgan fingerprint density at radius 3 is 2.56 bits per heavy atom. The Morgan fingerprint density at radius 1 is 1.39 bits per heavy atom. The lowest BCUT2D eigenvalue weighted by molar-refractivity contribution is -0.117. The third-order valence-electron chi connectivity index (χ3n) is 3.13. The number of rotatable bonds is 6. The molecule has 3 nitrogen and oxygen atoms in total. The van der Waals surface area contributed by atoms with Gasteiger partial charge in [-0.05, 0) is 30.9 Å². The molecule has 0 radical (unpaired) electrons. The van der Waals surface area contributed by atoms with Gasteiger partial charge in [0, 0.05) is 18.0 Å². The Balaban J connectivity index is 2.90. The highest BCUT2D eigenvalue weighted by Crippen LogP contribution is 2.30. The van der Waals surface area contributed by atoms with Crippen LogP contribution in [0, 0.1) is 0 Å². The summed E-state index contributed by atoms with van der Waals surface area (Å²) in [5, 5.41) is 0. The van der Waals surface area contributed by atoms with E-state index < -0.39 is 0 Å². The Labute approximate surface area is 109 Å². The van der Waals surface area contributed by atoms with Gasteiger partial charge >= 0.3 is 0 Å². The van der Waals surface area contributed by atoms with E-state index in [1.54, 1.807) is 14.0 Å². The minimum Gasteiger partial charge on any atom is -0.496 e. The fraction of sp³-hybridized carbons (Fsp3) is 0.533. The molecule has 0 aromatic heterocycles. The molecule has 1 aromatic carbocycles. The van der Waals surface area contributed by atoms with Crippen molar-refractivity contribution < 1.29 is 9.53 Å². The standard InChI is InChI=1S/C15H23NO2/c1-10(2)12-6-7-13(15(9-12)18-4)14(16)8-5-11(3)17/h6-7,9-10,14H,5,8,16H2,1-4H3. The smallest absolute Gasteiger partial charge is 0.129 e. The van der Waals surface area contributed by atoms with Crippen LogP contribution in [-0.4, -0.2) is 12.9 Å². The summed E-state index contributed by atoms with van der Waals surface area (Å²) in [5.41, 5.74) is 8.32. The van der Waals surface area contributed by atoms with Crippen molar-refractivity contribution in [2.45, 2.75) is 45.6 Å². The van der Waals surface area contributed by atoms with Gasteiger partial charge in [-0.2, -0.15) is 0 Å². The van der Waals surface area contributed by atoms with Gasteiger partial charge in [-0.1, -0.05) is 26.0 Å². The molecule has 2 N–H and O–H groups in total. The number of ether oxygens (including phenoxy) is 1. The fourth-order valence-corrected chi connectivity index (χ4v) is 1.91. The molecule has 0 heterocycles. The number of methoxy groups -OCH3 is 1. The molecule has 3 heteroatoms. The Hall–Kier alpha value is -1.35. The van der Waals surface area contributed by atoms with Crippen LogP contribution in [0.3, 0.4) is 0 Å². The molecule has 0 aliphatic rings. The van der Waals surface area contributed by atoms with Gasteiger partial charge in [0.2, 0.25) is 0 Å². The van der Waals surface area contributed by atoms with Crippen molar-refractivity contribution in [3.05, 3.63) is 29.3 Å². The fourth-order valence-electron chi connectivity index (χ4n) is 1.91. The van der Waals surface area contributed by atoms with E-state index >= 15 is 0 Å². The maximum absolute atomic E-state index is 11.0. The molecule has 0 saturated heterocycles. The molecule has 1 aromatic rings. The number of ketones is 1. The van der Waals surface area contributed by atoms with Crippen molar-refractivity contribution in [2.75, 3.05) is 7.11 Å². The number of benzene rings is 1. The monoisotopic (exact) mass is 249 g/mol. The SMILES string of the molecule is COc1cc(C(C)C)ccc1C(N)CCC(C)=O. The van der Waals surface area contributed by atoms with E-state index in [4.69, 9.17) is 10.5 Å². The molecule has 100 valence electrons. The number of nitrogens with two attached hydrogens (primary N) is 1. The summed E-state index contributed by atoms with van der Waals surface area (Å²) in [6, 6.07) is 5.98. The summed E-state index contributed by atoms with van der Waals surface area (Å²) in [7, 11) is 1.65. The highest BCUT2D eigenvalue weighted by molar-refractivity contribution is 5.75. The molecule has 1 unspecified atom stereocenters. The van der Waals surface area contributed by atoms with Gasteiger partial charge in [0.15, 0.2) is 0 Å². The minimum absolute atomic E-state index is 0.148. The number of Topliss-reactive ketones (excluding diaryl/α,β-unsaturated/α-hetero) is 1. The lowest BCUT2D eigenvalue weighted by Gasteiger charge is -2.17. The number of carbonyl (C=O) groups excluding carboxylic acids is 1. The maximum Gasteiger partial charge on any atom is 0.129 e. The summed E-state index contributed by atoms with van der Waals surface area (Å²) in [5.74, 6) is 1.45. The predicted molar refractivity (Wildman–Crippen MR) is 73.9 cm³/mol. The highest BCUT2D eigenvalue weighted by Gasteiger charge is 2.14. The van der Waals surface area contributed by atoms with Crippen LogP contribution in [0.1, 0.15) is 56.7 Å². The Bertz CT molecular complexity index is 413. The van der Waals surface area contributed by atoms with Gasteiger partial charge in [0.05, 0.1) is 7.11 Å². The van der Waals surface area contributed by atoms with Crippen molar-refractivity contribution in [3.8, 4) is 5.75 Å². The summed E-state index contributed by atoms with van der Waals surface area (Å²) in [4.78, 5) is 11.0. The molecule has 0 bridgehead atoms. The largest absolute Gasteiger partial charge is 0.496 e. The van der Waals surface area contributed by atoms with Crippen molar-refractivity contribution in [1.82, 2.24) is 0 Å². The normalized spacial score (nSPS) is 12.6. The summed E-state index contributed by atoms with van der Waals surface area (Å²) >= 11 is 0. The number of hydrogen-bond acceptors (Lipinski definition) is 3. The van der Waals surface area contributed by atoms with Crippen LogP contribution in [0.5, 0.6) is 5.75 Å². The average Bonchev–Trinajstić information content (AvgIpc) is 2.34. The van der Waals surface area contributed by atoms with Crippen LogP contribution in [0.15, 0.2) is 18.2 Å². The van der Waals surface area contributed by atoms with Crippen LogP contribution in [0.4, 0.5) is 0 Å². The van der Waals surface area contributed by atoms with Gasteiger partial charge in [-0.3, -0.25) is 0 Å². The zero-order valence-corrected chi connectivity index (χ0v) is 11.7. The minimum atomic E-state index is -0.148. The quantitative estimate of drug-likeness (QED) is 0.842. The molecule has 0 aliphatic carbocycles. The van der Waals surface area contributed by atoms with Gasteiger partial charge in [-0.15, -0.1) is 0 Å². The second-order valence-corrected chi connectivity index (χ2v) is 5.00. The molecule has 0 amide bonds. The number of carbonyl (C=O) groups is 1. The molecule has 18 heavy (non-hydrogen) atoms. The van der Waals surface area contributed by atoms with E-state index in [1.165, 1.54) is 5.56 Å². The molecule has 0 fully saturated rings.